The molecule has 0 aliphatic heterocycles. The van der Waals surface area contributed by atoms with E-state index in [0.29, 0.717) is 0 Å². The van der Waals surface area contributed by atoms with Gasteiger partial charge in [0.2, 0.25) is 0 Å². The van der Waals surface area contributed by atoms with Crippen LogP contribution >= 0.6 is 0 Å². The summed E-state index contributed by atoms with van der Waals surface area (Å²) < 4.78 is 0. The highest BCUT2D eigenvalue weighted by atomic mass is 15.1. The number of rotatable bonds is 3. The molecule has 1 heterocycles. The molecule has 1 unspecified atom stereocenters. The second kappa shape index (κ2) is 3.71. The van der Waals surface area contributed by atoms with E-state index in [2.05, 4.69) is 22.0 Å². The van der Waals surface area contributed by atoms with Gasteiger partial charge in [0.15, 0.2) is 0 Å². The molecule has 1 aliphatic carbocycles. The van der Waals surface area contributed by atoms with Crippen LogP contribution in [0.25, 0.3) is 0 Å². The van der Waals surface area contributed by atoms with Gasteiger partial charge in [0.05, 0.1) is 17.5 Å². The summed E-state index contributed by atoms with van der Waals surface area (Å²) in [5, 5.41) is 9.36. The highest BCUT2D eigenvalue weighted by Gasteiger charge is 2.46. The van der Waals surface area contributed by atoms with Crippen LogP contribution < -0.4 is 0 Å². The van der Waals surface area contributed by atoms with Gasteiger partial charge in [0.25, 0.3) is 0 Å². The van der Waals surface area contributed by atoms with Crippen LogP contribution in [0.1, 0.15) is 31.0 Å². The largest absolute Gasteiger partial charge is 0.364 e. The van der Waals surface area contributed by atoms with E-state index >= 15 is 0 Å². The highest BCUT2D eigenvalue weighted by molar-refractivity contribution is 5.21. The Balaban J connectivity index is 2.32. The SMILES string of the molecule is CN(C)C(c1ccc[nH]1)C1(C#N)CCC1. The van der Waals surface area contributed by atoms with Crippen molar-refractivity contribution in [2.75, 3.05) is 14.1 Å². The van der Waals surface area contributed by atoms with Crippen LogP contribution in [0.5, 0.6) is 0 Å². The van der Waals surface area contributed by atoms with Crippen LogP contribution in [-0.2, 0) is 0 Å². The third-order valence-electron chi connectivity index (χ3n) is 3.42. The van der Waals surface area contributed by atoms with Crippen molar-refractivity contribution in [2.24, 2.45) is 5.41 Å². The molecule has 0 radical (unpaired) electrons. The van der Waals surface area contributed by atoms with Crippen LogP contribution in [0.3, 0.4) is 0 Å². The molecule has 1 saturated carbocycles. The molecule has 1 atom stereocenters. The number of nitrogens with zero attached hydrogens (tertiary/aromatic N) is 2. The molecule has 2 rings (SSSR count). The zero-order valence-electron chi connectivity index (χ0n) is 9.33. The van der Waals surface area contributed by atoms with Crippen molar-refractivity contribution in [1.29, 1.82) is 5.26 Å². The molecule has 0 spiro atoms. The van der Waals surface area contributed by atoms with Crippen molar-refractivity contribution >= 4 is 0 Å². The molecule has 1 aromatic heterocycles. The summed E-state index contributed by atoms with van der Waals surface area (Å²) in [6.45, 7) is 0. The van der Waals surface area contributed by atoms with Gasteiger partial charge in [0, 0.05) is 11.9 Å². The van der Waals surface area contributed by atoms with E-state index in [0.717, 1.165) is 18.5 Å². The smallest absolute Gasteiger partial charge is 0.0784 e. The zero-order valence-corrected chi connectivity index (χ0v) is 9.33. The summed E-state index contributed by atoms with van der Waals surface area (Å²) in [5.74, 6) is 0. The number of hydrogen-bond donors (Lipinski definition) is 1. The Kier molecular flexibility index (Phi) is 2.54. The lowest BCUT2D eigenvalue weighted by Crippen LogP contribution is -2.41. The zero-order chi connectivity index (χ0) is 10.9. The molecule has 1 fully saturated rings. The van der Waals surface area contributed by atoms with Crippen molar-refractivity contribution in [1.82, 2.24) is 9.88 Å². The van der Waals surface area contributed by atoms with Gasteiger partial charge < -0.3 is 4.98 Å². The lowest BCUT2D eigenvalue weighted by molar-refractivity contribution is 0.0724. The van der Waals surface area contributed by atoms with Crippen LogP contribution in [0, 0.1) is 16.7 Å². The summed E-state index contributed by atoms with van der Waals surface area (Å²) in [4.78, 5) is 5.38. The molecule has 0 saturated heterocycles. The van der Waals surface area contributed by atoms with E-state index in [1.165, 1.54) is 6.42 Å². The normalized spacial score (nSPS) is 20.7. The predicted octanol–water partition coefficient (Wildman–Crippen LogP) is 2.31. The third-order valence-corrected chi connectivity index (χ3v) is 3.42. The lowest BCUT2D eigenvalue weighted by atomic mass is 9.64. The third kappa shape index (κ3) is 1.55. The van der Waals surface area contributed by atoms with Crippen molar-refractivity contribution < 1.29 is 0 Å². The Hall–Kier alpha value is -1.27. The lowest BCUT2D eigenvalue weighted by Gasteiger charge is -2.44. The van der Waals surface area contributed by atoms with Crippen molar-refractivity contribution in [2.45, 2.75) is 25.3 Å². The Morgan fingerprint density at radius 1 is 1.53 bits per heavy atom. The first-order valence-electron chi connectivity index (χ1n) is 5.40. The standard InChI is InChI=1S/C12H17N3/c1-15(2)11(10-5-3-8-14-10)12(9-13)6-4-7-12/h3,5,8,11,14H,4,6-7H2,1-2H3. The molecule has 1 N–H and O–H groups in total. The number of nitrogens with one attached hydrogen (secondary N) is 1. The second-order valence-corrected chi connectivity index (χ2v) is 4.61. The molecule has 15 heavy (non-hydrogen) atoms. The summed E-state index contributed by atoms with van der Waals surface area (Å²) in [7, 11) is 4.09. The van der Waals surface area contributed by atoms with E-state index in [-0.39, 0.29) is 11.5 Å². The summed E-state index contributed by atoms with van der Waals surface area (Å²) in [6.07, 6.45) is 5.14. The average molecular weight is 203 g/mol. The minimum absolute atomic E-state index is 0.172. The fourth-order valence-electron chi connectivity index (χ4n) is 2.59. The number of aromatic amines is 1. The monoisotopic (exact) mass is 203 g/mol. The van der Waals surface area contributed by atoms with Crippen molar-refractivity contribution in [3.8, 4) is 6.07 Å². The fraction of sp³-hybridized carbons (Fsp3) is 0.583. The molecule has 0 aromatic carbocycles. The highest BCUT2D eigenvalue weighted by Crippen LogP contribution is 2.51. The molecular formula is C12H17N3. The average Bonchev–Trinajstić information content (AvgIpc) is 2.62. The van der Waals surface area contributed by atoms with Gasteiger partial charge in [-0.15, -0.1) is 0 Å². The Morgan fingerprint density at radius 2 is 2.27 bits per heavy atom. The fourth-order valence-corrected chi connectivity index (χ4v) is 2.59. The quantitative estimate of drug-likeness (QED) is 0.819. The summed E-state index contributed by atoms with van der Waals surface area (Å²) in [5.41, 5.74) is 0.982. The maximum absolute atomic E-state index is 9.36. The van der Waals surface area contributed by atoms with E-state index in [1.807, 2.05) is 26.4 Å². The Morgan fingerprint density at radius 3 is 2.60 bits per heavy atom. The molecule has 0 amide bonds. The number of nitriles is 1. The van der Waals surface area contributed by atoms with Crippen LogP contribution in [0.4, 0.5) is 0 Å². The number of hydrogen-bond acceptors (Lipinski definition) is 2. The van der Waals surface area contributed by atoms with Crippen LogP contribution in [0.2, 0.25) is 0 Å². The van der Waals surface area contributed by atoms with E-state index in [1.54, 1.807) is 0 Å². The summed E-state index contributed by atoms with van der Waals surface area (Å²) >= 11 is 0. The molecule has 3 heteroatoms. The maximum atomic E-state index is 9.36. The minimum atomic E-state index is -0.172. The first kappa shape index (κ1) is 10.3. The van der Waals surface area contributed by atoms with Crippen molar-refractivity contribution in [3.05, 3.63) is 24.0 Å². The minimum Gasteiger partial charge on any atom is -0.364 e. The molecule has 3 nitrogen and oxygen atoms in total. The first-order valence-corrected chi connectivity index (χ1v) is 5.40. The van der Waals surface area contributed by atoms with Gasteiger partial charge in [-0.25, -0.2) is 0 Å². The van der Waals surface area contributed by atoms with Gasteiger partial charge in [-0.2, -0.15) is 5.26 Å². The first-order chi connectivity index (χ1) is 7.19. The second-order valence-electron chi connectivity index (χ2n) is 4.61. The van der Waals surface area contributed by atoms with Crippen molar-refractivity contribution in [3.63, 3.8) is 0 Å². The Bertz CT molecular complexity index is 355. The van der Waals surface area contributed by atoms with Gasteiger partial charge in [-0.3, -0.25) is 4.90 Å². The molecule has 1 aliphatic rings. The molecule has 0 bridgehead atoms. The summed E-state index contributed by atoms with van der Waals surface area (Å²) in [6, 6.07) is 6.79. The molecular weight excluding hydrogens is 186 g/mol. The maximum Gasteiger partial charge on any atom is 0.0784 e. The van der Waals surface area contributed by atoms with Gasteiger partial charge >= 0.3 is 0 Å². The van der Waals surface area contributed by atoms with Gasteiger partial charge in [-0.1, -0.05) is 6.42 Å². The van der Waals surface area contributed by atoms with Crippen LogP contribution in [-0.4, -0.2) is 24.0 Å². The van der Waals surface area contributed by atoms with E-state index in [9.17, 15) is 5.26 Å². The molecule has 1 aromatic rings. The van der Waals surface area contributed by atoms with Gasteiger partial charge in [0.1, 0.15) is 0 Å². The molecule has 80 valence electrons. The topological polar surface area (TPSA) is 42.8 Å². The van der Waals surface area contributed by atoms with Crippen LogP contribution in [0.15, 0.2) is 18.3 Å². The van der Waals surface area contributed by atoms with E-state index in [4.69, 9.17) is 0 Å². The number of aromatic nitrogens is 1. The Labute approximate surface area is 90.7 Å². The van der Waals surface area contributed by atoms with Gasteiger partial charge in [-0.05, 0) is 39.1 Å². The predicted molar refractivity (Wildman–Crippen MR) is 59.1 cm³/mol. The number of H-pyrrole nitrogens is 1. The van der Waals surface area contributed by atoms with E-state index < -0.39 is 0 Å².